The van der Waals surface area contributed by atoms with E-state index < -0.39 is 0 Å². The molecule has 0 spiro atoms. The van der Waals surface area contributed by atoms with Gasteiger partial charge in [-0.2, -0.15) is 0 Å². The van der Waals surface area contributed by atoms with Crippen molar-refractivity contribution in [3.63, 3.8) is 0 Å². The molecule has 0 aliphatic carbocycles. The van der Waals surface area contributed by atoms with Crippen LogP contribution in [0.15, 0.2) is 37.0 Å². The van der Waals surface area contributed by atoms with E-state index in [2.05, 4.69) is 18.5 Å². The van der Waals surface area contributed by atoms with Crippen molar-refractivity contribution in [2.75, 3.05) is 6.54 Å². The van der Waals surface area contributed by atoms with Crippen LogP contribution in [0.5, 0.6) is 0 Å². The maximum Gasteiger partial charge on any atom is 0.217 e. The van der Waals surface area contributed by atoms with Crippen LogP contribution in [0.1, 0.15) is 20.8 Å². The molecule has 0 atom stereocenters. The third-order valence-electron chi connectivity index (χ3n) is 1.03. The van der Waals surface area contributed by atoms with E-state index >= 15 is 0 Å². The van der Waals surface area contributed by atoms with Gasteiger partial charge in [0.25, 0.3) is 0 Å². The van der Waals surface area contributed by atoms with Gasteiger partial charge in [-0.25, -0.2) is 0 Å². The molecule has 1 amide bonds. The summed E-state index contributed by atoms with van der Waals surface area (Å²) in [5.74, 6) is -0.0434. The van der Waals surface area contributed by atoms with Crippen molar-refractivity contribution in [1.82, 2.24) is 5.32 Å². The van der Waals surface area contributed by atoms with Crippen LogP contribution < -0.4 is 5.32 Å². The Kier molecular flexibility index (Phi) is 11.7. The van der Waals surface area contributed by atoms with Crippen LogP contribution in [0, 0.1) is 0 Å². The lowest BCUT2D eigenvalue weighted by molar-refractivity contribution is -0.118. The van der Waals surface area contributed by atoms with Gasteiger partial charge in [0.1, 0.15) is 0 Å². The smallest absolute Gasteiger partial charge is 0.217 e. The largest absolute Gasteiger partial charge is 0.352 e. The maximum absolute atomic E-state index is 10.4. The first-order chi connectivity index (χ1) is 6.16. The summed E-state index contributed by atoms with van der Waals surface area (Å²) in [6.45, 7) is 13.2. The second-order valence-corrected chi connectivity index (χ2v) is 2.16. The first kappa shape index (κ1) is 14.2. The number of hydrogen-bond donors (Lipinski definition) is 1. The van der Waals surface area contributed by atoms with E-state index in [-0.39, 0.29) is 5.91 Å². The van der Waals surface area contributed by atoms with Crippen molar-refractivity contribution >= 4 is 5.91 Å². The van der Waals surface area contributed by atoms with E-state index in [0.29, 0.717) is 6.54 Å². The minimum absolute atomic E-state index is 0.0434. The van der Waals surface area contributed by atoms with Crippen molar-refractivity contribution < 1.29 is 4.79 Å². The highest BCUT2D eigenvalue weighted by atomic mass is 16.1. The number of rotatable bonds is 4. The van der Waals surface area contributed by atoms with Crippen molar-refractivity contribution in [2.45, 2.75) is 20.8 Å². The van der Waals surface area contributed by atoms with E-state index in [0.717, 1.165) is 5.57 Å². The zero-order valence-electron chi connectivity index (χ0n) is 8.76. The van der Waals surface area contributed by atoms with E-state index in [1.807, 2.05) is 19.9 Å². The molecule has 74 valence electrons. The summed E-state index contributed by atoms with van der Waals surface area (Å²) >= 11 is 0. The summed E-state index contributed by atoms with van der Waals surface area (Å²) in [7, 11) is 0. The predicted molar refractivity (Wildman–Crippen MR) is 58.5 cm³/mol. The Morgan fingerprint density at radius 3 is 2.38 bits per heavy atom. The number of carbonyl (C=O) groups excluding carboxylic acids is 1. The Balaban J connectivity index is 0. The fourth-order valence-corrected chi connectivity index (χ4v) is 0.501. The van der Waals surface area contributed by atoms with E-state index in [1.54, 1.807) is 12.2 Å². The monoisotopic (exact) mass is 181 g/mol. The summed E-state index contributed by atoms with van der Waals surface area (Å²) in [4.78, 5) is 10.4. The van der Waals surface area contributed by atoms with Crippen molar-refractivity contribution in [1.29, 1.82) is 0 Å². The summed E-state index contributed by atoms with van der Waals surface area (Å²) < 4.78 is 0. The third-order valence-corrected chi connectivity index (χ3v) is 1.03. The van der Waals surface area contributed by atoms with Gasteiger partial charge in [-0.3, -0.25) is 4.79 Å². The van der Waals surface area contributed by atoms with Crippen LogP contribution in [0.4, 0.5) is 0 Å². The molecule has 0 aliphatic rings. The Morgan fingerprint density at radius 2 is 2.00 bits per heavy atom. The van der Waals surface area contributed by atoms with Crippen molar-refractivity contribution in [3.8, 4) is 0 Å². The number of allylic oxidation sites excluding steroid dienone is 2. The molecule has 2 heteroatoms. The first-order valence-electron chi connectivity index (χ1n) is 4.38. The molecular weight excluding hydrogens is 162 g/mol. The standard InChI is InChI=1S/C9H13NO.C2H6/c1-4-5-6-8(2)7-10-9(3)11;1-2/h4-6H,1-2,7H2,3H3,(H,10,11);1-2H3/b6-5-;. The minimum atomic E-state index is -0.0434. The zero-order valence-corrected chi connectivity index (χ0v) is 8.76. The number of carbonyl (C=O) groups is 1. The molecule has 1 N–H and O–H groups in total. The maximum atomic E-state index is 10.4. The fourth-order valence-electron chi connectivity index (χ4n) is 0.501. The lowest BCUT2D eigenvalue weighted by Gasteiger charge is -1.99. The molecule has 0 radical (unpaired) electrons. The van der Waals surface area contributed by atoms with Crippen LogP contribution in [-0.4, -0.2) is 12.5 Å². The van der Waals surface area contributed by atoms with Crippen LogP contribution in [0.2, 0.25) is 0 Å². The molecule has 0 heterocycles. The zero-order chi connectivity index (χ0) is 10.7. The molecule has 0 saturated carbocycles. The highest BCUT2D eigenvalue weighted by Crippen LogP contribution is 1.89. The van der Waals surface area contributed by atoms with Crippen LogP contribution in [-0.2, 0) is 4.79 Å². The van der Waals surface area contributed by atoms with Gasteiger partial charge in [-0.15, -0.1) is 0 Å². The van der Waals surface area contributed by atoms with E-state index in [4.69, 9.17) is 0 Å². The summed E-state index contributed by atoms with van der Waals surface area (Å²) in [5, 5.41) is 2.63. The normalized spacial score (nSPS) is 8.54. The van der Waals surface area contributed by atoms with E-state index in [1.165, 1.54) is 6.92 Å². The molecule has 0 aliphatic heterocycles. The molecule has 0 saturated heterocycles. The van der Waals surface area contributed by atoms with Gasteiger partial charge in [0.15, 0.2) is 0 Å². The minimum Gasteiger partial charge on any atom is -0.352 e. The highest BCUT2D eigenvalue weighted by Gasteiger charge is 1.89. The quantitative estimate of drug-likeness (QED) is 0.663. The highest BCUT2D eigenvalue weighted by molar-refractivity contribution is 5.73. The Hall–Kier alpha value is -1.31. The molecular formula is C11H19NO. The second-order valence-electron chi connectivity index (χ2n) is 2.16. The third kappa shape index (κ3) is 13.7. The van der Waals surface area contributed by atoms with Gasteiger partial charge >= 0.3 is 0 Å². The number of hydrogen-bond acceptors (Lipinski definition) is 1. The molecule has 0 bridgehead atoms. The Bertz CT molecular complexity index is 192. The van der Waals surface area contributed by atoms with Gasteiger partial charge in [0, 0.05) is 13.5 Å². The average molecular weight is 181 g/mol. The van der Waals surface area contributed by atoms with Gasteiger partial charge in [-0.05, 0) is 5.57 Å². The van der Waals surface area contributed by atoms with Crippen LogP contribution in [0.25, 0.3) is 0 Å². The van der Waals surface area contributed by atoms with Crippen LogP contribution >= 0.6 is 0 Å². The molecule has 0 aromatic heterocycles. The Labute approximate surface area is 81.0 Å². The SMILES string of the molecule is C=C/C=C\C(=C)CNC(C)=O.CC. The summed E-state index contributed by atoms with van der Waals surface area (Å²) in [6.07, 6.45) is 5.26. The van der Waals surface area contributed by atoms with Crippen molar-refractivity contribution in [2.24, 2.45) is 0 Å². The molecule has 0 unspecified atom stereocenters. The molecule has 13 heavy (non-hydrogen) atoms. The van der Waals surface area contributed by atoms with Crippen LogP contribution in [0.3, 0.4) is 0 Å². The van der Waals surface area contributed by atoms with Crippen molar-refractivity contribution in [3.05, 3.63) is 37.0 Å². The fraction of sp³-hybridized carbons (Fsp3) is 0.364. The molecule has 0 fully saturated rings. The topological polar surface area (TPSA) is 29.1 Å². The van der Waals surface area contributed by atoms with Gasteiger partial charge in [0.05, 0.1) is 0 Å². The molecule has 2 nitrogen and oxygen atoms in total. The second kappa shape index (κ2) is 10.7. The summed E-state index contributed by atoms with van der Waals surface area (Å²) in [5.41, 5.74) is 0.861. The Morgan fingerprint density at radius 1 is 1.46 bits per heavy atom. The first-order valence-corrected chi connectivity index (χ1v) is 4.38. The predicted octanol–water partition coefficient (Wildman–Crippen LogP) is 2.45. The lowest BCUT2D eigenvalue weighted by atomic mass is 10.3. The molecule has 0 aromatic rings. The van der Waals surface area contributed by atoms with E-state index in [9.17, 15) is 4.79 Å². The van der Waals surface area contributed by atoms with Gasteiger partial charge in [0.2, 0.25) is 5.91 Å². The van der Waals surface area contributed by atoms with Gasteiger partial charge < -0.3 is 5.32 Å². The van der Waals surface area contributed by atoms with Gasteiger partial charge in [-0.1, -0.05) is 45.2 Å². The summed E-state index contributed by atoms with van der Waals surface area (Å²) in [6, 6.07) is 0. The average Bonchev–Trinajstić information content (AvgIpc) is 2.14. The number of amides is 1. The lowest BCUT2D eigenvalue weighted by Crippen LogP contribution is -2.21. The number of nitrogens with one attached hydrogen (secondary N) is 1. The molecule has 0 rings (SSSR count). The molecule has 0 aromatic carbocycles.